The fourth-order valence-corrected chi connectivity index (χ4v) is 3.07. The molecule has 1 heterocycles. The van der Waals surface area contributed by atoms with Crippen molar-refractivity contribution in [3.8, 4) is 0 Å². The maximum Gasteiger partial charge on any atom is 0.321 e. The summed E-state index contributed by atoms with van der Waals surface area (Å²) in [6.45, 7) is 0.856. The number of benzene rings is 1. The Hall–Kier alpha value is -2.33. The van der Waals surface area contributed by atoms with E-state index >= 15 is 0 Å². The fraction of sp³-hybridized carbons (Fsp3) is 0.467. The molecule has 1 aliphatic rings. The lowest BCUT2D eigenvalue weighted by Crippen LogP contribution is -2.35. The van der Waals surface area contributed by atoms with Crippen molar-refractivity contribution in [3.05, 3.63) is 24.3 Å². The van der Waals surface area contributed by atoms with E-state index in [1.54, 1.807) is 30.1 Å². The van der Waals surface area contributed by atoms with Gasteiger partial charge in [-0.05, 0) is 24.6 Å². The second kappa shape index (κ2) is 7.70. The second-order valence-corrected chi connectivity index (χ2v) is 7.83. The Balaban J connectivity index is 2.00. The first-order valence-electron chi connectivity index (χ1n) is 7.81. The summed E-state index contributed by atoms with van der Waals surface area (Å²) in [6, 6.07) is 6.11. The first-order chi connectivity index (χ1) is 11.7. The summed E-state index contributed by atoms with van der Waals surface area (Å²) in [7, 11) is 0.800. The lowest BCUT2D eigenvalue weighted by atomic mass is 10.1. The Morgan fingerprint density at radius 1 is 1.24 bits per heavy atom. The second-order valence-electron chi connectivity index (χ2n) is 5.95. The molecule has 3 amide bonds. The van der Waals surface area contributed by atoms with E-state index in [0.717, 1.165) is 4.31 Å². The van der Waals surface area contributed by atoms with Gasteiger partial charge in [-0.1, -0.05) is 6.07 Å². The monoisotopic (exact) mass is 369 g/mol. The van der Waals surface area contributed by atoms with E-state index in [1.165, 1.54) is 20.2 Å². The average molecular weight is 369 g/mol. The molecule has 2 rings (SSSR count). The average Bonchev–Trinajstić information content (AvgIpc) is 3.04. The van der Waals surface area contributed by atoms with Crippen LogP contribution in [0.2, 0.25) is 0 Å². The lowest BCUT2D eigenvalue weighted by molar-refractivity contribution is -0.124. The molecule has 1 aromatic rings. The number of carbonyl (C=O) groups is 2. The molecule has 0 bridgehead atoms. The molecule has 3 N–H and O–H groups in total. The van der Waals surface area contributed by atoms with Gasteiger partial charge in [0.2, 0.25) is 5.91 Å². The van der Waals surface area contributed by atoms with E-state index in [1.807, 2.05) is 0 Å². The predicted octanol–water partition coefficient (Wildman–Crippen LogP) is 0.505. The van der Waals surface area contributed by atoms with Crippen LogP contribution in [-0.2, 0) is 15.0 Å². The molecule has 0 aromatic heterocycles. The lowest BCUT2D eigenvalue weighted by Gasteiger charge is -2.18. The van der Waals surface area contributed by atoms with Gasteiger partial charge in [-0.25, -0.2) is 4.79 Å². The van der Waals surface area contributed by atoms with E-state index in [0.29, 0.717) is 30.9 Å². The molecular weight excluding hydrogens is 346 g/mol. The zero-order valence-corrected chi connectivity index (χ0v) is 15.3. The summed E-state index contributed by atoms with van der Waals surface area (Å²) in [5.41, 5.74) is 0.809. The minimum atomic E-state index is -3.62. The van der Waals surface area contributed by atoms with Crippen molar-refractivity contribution in [1.82, 2.24) is 14.5 Å². The molecule has 0 aliphatic carbocycles. The van der Waals surface area contributed by atoms with Crippen LogP contribution in [0.5, 0.6) is 0 Å². The number of nitrogens with zero attached hydrogens (tertiary/aromatic N) is 2. The number of anilines is 2. The van der Waals surface area contributed by atoms with Gasteiger partial charge in [0, 0.05) is 39.9 Å². The van der Waals surface area contributed by atoms with Crippen LogP contribution >= 0.6 is 0 Å². The van der Waals surface area contributed by atoms with Gasteiger partial charge in [-0.3, -0.25) is 9.52 Å². The first kappa shape index (κ1) is 19.0. The van der Waals surface area contributed by atoms with Crippen LogP contribution in [0.1, 0.15) is 6.42 Å². The Bertz CT molecular complexity index is 750. The Kier molecular flexibility index (Phi) is 5.85. The highest BCUT2D eigenvalue weighted by Gasteiger charge is 2.30. The highest BCUT2D eigenvalue weighted by atomic mass is 32.2. The third kappa shape index (κ3) is 4.83. The number of amides is 3. The fourth-order valence-electron chi connectivity index (χ4n) is 2.47. The summed E-state index contributed by atoms with van der Waals surface area (Å²) in [6.07, 6.45) is 0.621. The first-order valence-corrected chi connectivity index (χ1v) is 9.25. The summed E-state index contributed by atoms with van der Waals surface area (Å²) in [5, 5.41) is 5.31. The van der Waals surface area contributed by atoms with Gasteiger partial charge in [0.15, 0.2) is 0 Å². The molecule has 1 aromatic carbocycles. The van der Waals surface area contributed by atoms with Gasteiger partial charge in [0.05, 0.1) is 11.6 Å². The zero-order chi connectivity index (χ0) is 18.6. The summed E-state index contributed by atoms with van der Waals surface area (Å²) < 4.78 is 27.2. The van der Waals surface area contributed by atoms with Crippen molar-refractivity contribution < 1.29 is 18.0 Å². The van der Waals surface area contributed by atoms with E-state index in [2.05, 4.69) is 15.4 Å². The van der Waals surface area contributed by atoms with Crippen LogP contribution in [0.4, 0.5) is 16.2 Å². The topological polar surface area (TPSA) is 111 Å². The SMILES string of the molecule is CNC(=O)[C@@H]1CCN(C(=O)Nc2cccc(NS(=O)(=O)N(C)C)c2)C1. The minimum Gasteiger partial charge on any atom is -0.359 e. The van der Waals surface area contributed by atoms with E-state index in [-0.39, 0.29) is 17.9 Å². The van der Waals surface area contributed by atoms with Crippen LogP contribution in [0.15, 0.2) is 24.3 Å². The van der Waals surface area contributed by atoms with Crippen molar-refractivity contribution in [3.63, 3.8) is 0 Å². The molecule has 25 heavy (non-hydrogen) atoms. The van der Waals surface area contributed by atoms with Crippen molar-refractivity contribution in [1.29, 1.82) is 0 Å². The largest absolute Gasteiger partial charge is 0.359 e. The summed E-state index contributed by atoms with van der Waals surface area (Å²) in [5.74, 6) is -0.274. The number of likely N-dealkylation sites (tertiary alicyclic amines) is 1. The maximum atomic E-state index is 12.3. The maximum absolute atomic E-state index is 12.3. The van der Waals surface area contributed by atoms with Gasteiger partial charge in [0.25, 0.3) is 0 Å². The molecule has 0 unspecified atom stereocenters. The van der Waals surface area contributed by atoms with Crippen molar-refractivity contribution in [2.45, 2.75) is 6.42 Å². The zero-order valence-electron chi connectivity index (χ0n) is 14.4. The molecule has 0 radical (unpaired) electrons. The molecule has 10 heteroatoms. The third-order valence-corrected chi connectivity index (χ3v) is 5.39. The highest BCUT2D eigenvalue weighted by Crippen LogP contribution is 2.20. The smallest absolute Gasteiger partial charge is 0.321 e. The third-order valence-electron chi connectivity index (χ3n) is 3.93. The Morgan fingerprint density at radius 3 is 2.56 bits per heavy atom. The van der Waals surface area contributed by atoms with Crippen molar-refractivity contribution >= 4 is 33.5 Å². The van der Waals surface area contributed by atoms with Crippen LogP contribution in [-0.4, -0.2) is 63.8 Å². The van der Waals surface area contributed by atoms with Crippen LogP contribution in [0, 0.1) is 5.92 Å². The van der Waals surface area contributed by atoms with Crippen molar-refractivity contribution in [2.75, 3.05) is 44.3 Å². The Morgan fingerprint density at radius 2 is 1.92 bits per heavy atom. The Labute approximate surface area is 147 Å². The highest BCUT2D eigenvalue weighted by molar-refractivity contribution is 7.90. The number of nitrogens with one attached hydrogen (secondary N) is 3. The summed E-state index contributed by atoms with van der Waals surface area (Å²) >= 11 is 0. The van der Waals surface area contributed by atoms with E-state index < -0.39 is 10.2 Å². The molecule has 0 spiro atoms. The number of hydrogen-bond donors (Lipinski definition) is 3. The molecule has 1 atom stereocenters. The predicted molar refractivity (Wildman–Crippen MR) is 95.4 cm³/mol. The number of carbonyl (C=O) groups excluding carboxylic acids is 2. The summed E-state index contributed by atoms with van der Waals surface area (Å²) in [4.78, 5) is 25.5. The van der Waals surface area contributed by atoms with E-state index in [4.69, 9.17) is 0 Å². The van der Waals surface area contributed by atoms with Crippen LogP contribution in [0.3, 0.4) is 0 Å². The molecular formula is C15H23N5O4S. The molecule has 138 valence electrons. The number of rotatable bonds is 5. The van der Waals surface area contributed by atoms with Crippen molar-refractivity contribution in [2.24, 2.45) is 5.92 Å². The molecule has 9 nitrogen and oxygen atoms in total. The van der Waals surface area contributed by atoms with Crippen LogP contribution in [0.25, 0.3) is 0 Å². The van der Waals surface area contributed by atoms with Gasteiger partial charge in [-0.15, -0.1) is 0 Å². The molecule has 1 aliphatic heterocycles. The van der Waals surface area contributed by atoms with Gasteiger partial charge in [0.1, 0.15) is 0 Å². The molecule has 0 saturated carbocycles. The molecule has 1 fully saturated rings. The van der Waals surface area contributed by atoms with Gasteiger partial charge in [-0.2, -0.15) is 12.7 Å². The minimum absolute atomic E-state index is 0.0737. The van der Waals surface area contributed by atoms with Gasteiger partial charge < -0.3 is 15.5 Å². The number of urea groups is 1. The number of hydrogen-bond acceptors (Lipinski definition) is 4. The van der Waals surface area contributed by atoms with E-state index in [9.17, 15) is 18.0 Å². The van der Waals surface area contributed by atoms with Crippen LogP contribution < -0.4 is 15.4 Å². The standard InChI is InChI=1S/C15H23N5O4S/c1-16-14(21)11-7-8-20(10-11)15(22)17-12-5-4-6-13(9-12)18-25(23,24)19(2)3/h4-6,9,11,18H,7-8,10H2,1-3H3,(H,16,21)(H,17,22)/t11-/m1/s1. The molecule has 1 saturated heterocycles. The normalized spacial score (nSPS) is 17.4. The van der Waals surface area contributed by atoms with Gasteiger partial charge >= 0.3 is 16.2 Å². The quantitative estimate of drug-likeness (QED) is 0.702.